The predicted octanol–water partition coefficient (Wildman–Crippen LogP) is -0.413. The van der Waals surface area contributed by atoms with Crippen LogP contribution in [0.5, 0.6) is 0 Å². The van der Waals surface area contributed by atoms with Crippen molar-refractivity contribution in [2.45, 2.75) is 0 Å². The molecule has 0 fully saturated rings. The van der Waals surface area contributed by atoms with Crippen LogP contribution >= 0.6 is 0 Å². The Bertz CT molecular complexity index is 216. The first-order valence-electron chi connectivity index (χ1n) is 3.37. The van der Waals surface area contributed by atoms with Crippen LogP contribution in [0.3, 0.4) is 0 Å². The van der Waals surface area contributed by atoms with Crippen LogP contribution in [0, 0.1) is 0 Å². The van der Waals surface area contributed by atoms with E-state index in [9.17, 15) is 14.4 Å². The van der Waals surface area contributed by atoms with Crippen molar-refractivity contribution in [2.75, 3.05) is 0 Å². The molecular weight excluding hydrogens is 279 g/mol. The molecule has 92 valence electrons. The van der Waals surface area contributed by atoms with Gasteiger partial charge in [0.1, 0.15) is 0 Å². The predicted molar refractivity (Wildman–Crippen MR) is 63.4 cm³/mol. The van der Waals surface area contributed by atoms with Crippen LogP contribution in [-0.2, 0) is 14.4 Å². The third-order valence-corrected chi connectivity index (χ3v) is 0.524. The molecular formula is C9H15AsO6. The van der Waals surface area contributed by atoms with Crippen LogP contribution in [-0.4, -0.2) is 51.2 Å². The minimum atomic E-state index is -0.981. The molecule has 0 saturated heterocycles. The SMILES string of the molecule is C=CC(=O)O.C=CC(=O)O.C=CC(=O)O.[AsH3]. The summed E-state index contributed by atoms with van der Waals surface area (Å²) in [5, 5.41) is 22.8. The molecule has 0 aliphatic carbocycles. The van der Waals surface area contributed by atoms with Crippen LogP contribution in [0.4, 0.5) is 0 Å². The Hall–Kier alpha value is -1.81. The standard InChI is InChI=1S/3C3H4O2.AsH3/c3*1-2-3(4)5;/h3*2H,1H2,(H,4,5);1H3. The Morgan fingerprint density at radius 3 is 0.750 bits per heavy atom. The van der Waals surface area contributed by atoms with Gasteiger partial charge in [0.2, 0.25) is 0 Å². The van der Waals surface area contributed by atoms with Crippen molar-refractivity contribution in [3.05, 3.63) is 38.0 Å². The van der Waals surface area contributed by atoms with Crippen LogP contribution in [0.15, 0.2) is 38.0 Å². The Kier molecular flexibility index (Phi) is 28.0. The van der Waals surface area contributed by atoms with E-state index in [1.54, 1.807) is 0 Å². The van der Waals surface area contributed by atoms with E-state index < -0.39 is 17.9 Å². The molecule has 1 unspecified atom stereocenters. The molecule has 6 nitrogen and oxygen atoms in total. The first-order chi connectivity index (χ1) is 6.81. The third-order valence-electron chi connectivity index (χ3n) is 0.524. The molecule has 0 aliphatic rings. The van der Waals surface area contributed by atoms with Crippen LogP contribution in [0.2, 0.25) is 0 Å². The first kappa shape index (κ1) is 23.8. The number of rotatable bonds is 3. The van der Waals surface area contributed by atoms with E-state index in [2.05, 4.69) is 19.7 Å². The average Bonchev–Trinajstić information content (AvgIpc) is 2.19. The quantitative estimate of drug-likeness (QED) is 0.482. The van der Waals surface area contributed by atoms with Gasteiger partial charge >= 0.3 is 35.9 Å². The summed E-state index contributed by atoms with van der Waals surface area (Å²) in [5.41, 5.74) is 0. The Morgan fingerprint density at radius 1 is 0.688 bits per heavy atom. The van der Waals surface area contributed by atoms with Gasteiger partial charge in [0.05, 0.1) is 0 Å². The summed E-state index contributed by atoms with van der Waals surface area (Å²) < 4.78 is 0. The Balaban J connectivity index is -0.0000000655. The number of aliphatic carboxylic acids is 3. The van der Waals surface area contributed by atoms with Gasteiger partial charge < -0.3 is 15.3 Å². The van der Waals surface area contributed by atoms with Gasteiger partial charge in [-0.25, -0.2) is 14.4 Å². The van der Waals surface area contributed by atoms with Crippen molar-refractivity contribution in [1.29, 1.82) is 0 Å². The fraction of sp³-hybridized carbons (Fsp3) is 0. The van der Waals surface area contributed by atoms with E-state index in [4.69, 9.17) is 15.3 Å². The van der Waals surface area contributed by atoms with E-state index in [0.29, 0.717) is 0 Å². The van der Waals surface area contributed by atoms with Crippen LogP contribution in [0.1, 0.15) is 0 Å². The number of carbonyl (C=O) groups is 3. The fourth-order valence-corrected chi connectivity index (χ4v) is 0. The van der Waals surface area contributed by atoms with E-state index in [0.717, 1.165) is 18.2 Å². The normalized spacial score (nSPS) is 6.00. The van der Waals surface area contributed by atoms with Gasteiger partial charge in [0.15, 0.2) is 0 Å². The van der Waals surface area contributed by atoms with Crippen molar-refractivity contribution in [3.8, 4) is 0 Å². The van der Waals surface area contributed by atoms with E-state index in [-0.39, 0.29) is 18.0 Å². The fourth-order valence-electron chi connectivity index (χ4n) is 0. The second-order valence-corrected chi connectivity index (χ2v) is 1.63. The van der Waals surface area contributed by atoms with E-state index >= 15 is 0 Å². The van der Waals surface area contributed by atoms with Gasteiger partial charge in [-0.2, -0.15) is 0 Å². The van der Waals surface area contributed by atoms with Gasteiger partial charge in [0, 0.05) is 18.2 Å². The van der Waals surface area contributed by atoms with Crippen molar-refractivity contribution >= 4 is 35.9 Å². The zero-order valence-electron chi connectivity index (χ0n) is 8.63. The molecule has 0 heterocycles. The molecule has 0 radical (unpaired) electrons. The molecule has 0 aromatic carbocycles. The summed E-state index contributed by atoms with van der Waals surface area (Å²) in [6.45, 7) is 8.88. The van der Waals surface area contributed by atoms with Crippen LogP contribution in [0.25, 0.3) is 0 Å². The Morgan fingerprint density at radius 2 is 0.750 bits per heavy atom. The zero-order valence-corrected chi connectivity index (χ0v) is 11.6. The van der Waals surface area contributed by atoms with E-state index in [1.165, 1.54) is 0 Å². The van der Waals surface area contributed by atoms with Crippen LogP contribution < -0.4 is 0 Å². The number of hydrogen-bond acceptors (Lipinski definition) is 3. The average molecular weight is 294 g/mol. The molecule has 0 bridgehead atoms. The summed E-state index contributed by atoms with van der Waals surface area (Å²) in [4.78, 5) is 27.8. The first-order valence-corrected chi connectivity index (χ1v) is 3.37. The molecule has 0 rings (SSSR count). The molecule has 7 heteroatoms. The molecule has 1 atom stereocenters. The maximum atomic E-state index is 9.25. The monoisotopic (exact) mass is 294 g/mol. The number of carboxylic acids is 3. The molecule has 0 amide bonds. The Labute approximate surface area is 104 Å². The van der Waals surface area contributed by atoms with Gasteiger partial charge in [-0.05, 0) is 0 Å². The summed E-state index contributed by atoms with van der Waals surface area (Å²) in [6, 6.07) is 0. The molecule has 0 spiro atoms. The maximum absolute atomic E-state index is 9.25. The number of carboxylic acid groups (broad SMARTS) is 3. The van der Waals surface area contributed by atoms with Gasteiger partial charge in [-0.3, -0.25) is 0 Å². The zero-order chi connectivity index (χ0) is 12.9. The minimum absolute atomic E-state index is 0. The van der Waals surface area contributed by atoms with Crippen molar-refractivity contribution in [2.24, 2.45) is 0 Å². The molecule has 0 aliphatic heterocycles. The van der Waals surface area contributed by atoms with Crippen molar-refractivity contribution < 1.29 is 29.7 Å². The second-order valence-electron chi connectivity index (χ2n) is 1.63. The number of hydrogen-bond donors (Lipinski definition) is 3. The molecule has 0 aromatic rings. The third kappa shape index (κ3) is 87.0. The topological polar surface area (TPSA) is 112 Å². The van der Waals surface area contributed by atoms with E-state index in [1.807, 2.05) is 0 Å². The molecule has 16 heavy (non-hydrogen) atoms. The summed E-state index contributed by atoms with van der Waals surface area (Å²) >= 11 is 0. The molecule has 3 N–H and O–H groups in total. The second kappa shape index (κ2) is 18.9. The van der Waals surface area contributed by atoms with Gasteiger partial charge in [0.25, 0.3) is 0 Å². The van der Waals surface area contributed by atoms with Crippen molar-refractivity contribution in [3.63, 3.8) is 0 Å². The van der Waals surface area contributed by atoms with Crippen molar-refractivity contribution in [1.82, 2.24) is 0 Å². The summed E-state index contributed by atoms with van der Waals surface area (Å²) in [6.07, 6.45) is 2.50. The molecule has 0 saturated carbocycles. The summed E-state index contributed by atoms with van der Waals surface area (Å²) in [5.74, 6) is -2.94. The molecule has 0 aromatic heterocycles. The summed E-state index contributed by atoms with van der Waals surface area (Å²) in [7, 11) is 0. The van der Waals surface area contributed by atoms with Gasteiger partial charge in [-0.1, -0.05) is 19.7 Å². The van der Waals surface area contributed by atoms with Gasteiger partial charge in [-0.15, -0.1) is 0 Å².